The molecule has 3 rings (SSSR count). The molecule has 3 aromatic carbocycles. The molecule has 0 unspecified atom stereocenters. The first-order valence-electron chi connectivity index (χ1n) is 6.47. The highest BCUT2D eigenvalue weighted by atomic mass is 32.2. The number of benzene rings is 3. The average molecular weight is 298 g/mol. The molecular weight excluding hydrogens is 284 g/mol. The first-order chi connectivity index (χ1) is 10.2. The zero-order valence-corrected chi connectivity index (χ0v) is 12.0. The highest BCUT2D eigenvalue weighted by Gasteiger charge is 2.12. The van der Waals surface area contributed by atoms with E-state index in [2.05, 4.69) is 10.3 Å². The summed E-state index contributed by atoms with van der Waals surface area (Å²) < 4.78 is 24.3. The molecule has 0 aliphatic carbocycles. The predicted molar refractivity (Wildman–Crippen MR) is 84.3 cm³/mol. The Balaban J connectivity index is 1.87. The minimum absolute atomic E-state index is 0.220. The van der Waals surface area contributed by atoms with Crippen LogP contribution in [-0.2, 0) is 10.0 Å². The van der Waals surface area contributed by atoms with Crippen LogP contribution >= 0.6 is 0 Å². The molecular formula is C16H14N2O2S. The molecule has 4 nitrogen and oxygen atoms in total. The molecule has 0 aromatic heterocycles. The molecule has 0 spiro atoms. The van der Waals surface area contributed by atoms with E-state index in [1.54, 1.807) is 30.3 Å². The monoisotopic (exact) mass is 298 g/mol. The van der Waals surface area contributed by atoms with E-state index in [-0.39, 0.29) is 4.90 Å². The van der Waals surface area contributed by atoms with Gasteiger partial charge < -0.3 is 5.43 Å². The number of nitrogens with one attached hydrogen (secondary N) is 2. The van der Waals surface area contributed by atoms with Gasteiger partial charge in [0.25, 0.3) is 10.0 Å². The number of hydrazine groups is 1. The molecule has 21 heavy (non-hydrogen) atoms. The van der Waals surface area contributed by atoms with Crippen LogP contribution in [0.1, 0.15) is 0 Å². The minimum Gasteiger partial charge on any atom is -0.307 e. The van der Waals surface area contributed by atoms with Crippen LogP contribution in [0.2, 0.25) is 0 Å². The number of anilines is 1. The van der Waals surface area contributed by atoms with Crippen LogP contribution in [0.3, 0.4) is 0 Å². The zero-order chi connectivity index (χ0) is 14.7. The second kappa shape index (κ2) is 5.55. The van der Waals surface area contributed by atoms with Crippen molar-refractivity contribution in [2.24, 2.45) is 0 Å². The minimum atomic E-state index is -3.59. The maximum absolute atomic E-state index is 12.2. The van der Waals surface area contributed by atoms with Crippen LogP contribution in [0.15, 0.2) is 77.7 Å². The number of hydrogen-bond donors (Lipinski definition) is 2. The Bertz CT molecular complexity index is 856. The lowest BCUT2D eigenvalue weighted by molar-refractivity contribution is 0.588. The molecule has 0 saturated heterocycles. The molecule has 2 N–H and O–H groups in total. The molecule has 0 aliphatic heterocycles. The number of hydrogen-bond acceptors (Lipinski definition) is 3. The van der Waals surface area contributed by atoms with Crippen molar-refractivity contribution in [1.82, 2.24) is 4.83 Å². The molecule has 3 aromatic rings. The van der Waals surface area contributed by atoms with E-state index in [9.17, 15) is 8.42 Å². The number of sulfonamides is 1. The van der Waals surface area contributed by atoms with Crippen LogP contribution in [-0.4, -0.2) is 8.42 Å². The summed E-state index contributed by atoms with van der Waals surface area (Å²) in [6, 6.07) is 21.7. The van der Waals surface area contributed by atoms with Crippen molar-refractivity contribution in [2.45, 2.75) is 4.90 Å². The molecule has 0 aliphatic rings. The Morgan fingerprint density at radius 1 is 0.714 bits per heavy atom. The molecule has 0 atom stereocenters. The van der Waals surface area contributed by atoms with Crippen LogP contribution in [0, 0.1) is 0 Å². The molecule has 0 heterocycles. The van der Waals surface area contributed by atoms with Crippen LogP contribution < -0.4 is 10.3 Å². The Kier molecular flexibility index (Phi) is 3.60. The smallest absolute Gasteiger partial charge is 0.257 e. The van der Waals surface area contributed by atoms with Gasteiger partial charge in [0.05, 0.1) is 10.6 Å². The van der Waals surface area contributed by atoms with Crippen molar-refractivity contribution in [2.75, 3.05) is 5.43 Å². The Morgan fingerprint density at radius 2 is 1.38 bits per heavy atom. The third kappa shape index (κ3) is 2.89. The molecule has 0 saturated carbocycles. The zero-order valence-electron chi connectivity index (χ0n) is 11.2. The van der Waals surface area contributed by atoms with E-state index in [1.165, 1.54) is 0 Å². The van der Waals surface area contributed by atoms with Gasteiger partial charge in [0.15, 0.2) is 0 Å². The lowest BCUT2D eigenvalue weighted by Crippen LogP contribution is -2.29. The van der Waals surface area contributed by atoms with Gasteiger partial charge in [-0.05, 0) is 23.6 Å². The topological polar surface area (TPSA) is 58.2 Å². The molecule has 0 bridgehead atoms. The Labute approximate surface area is 123 Å². The Hall–Kier alpha value is -2.37. The van der Waals surface area contributed by atoms with Crippen LogP contribution in [0.4, 0.5) is 5.69 Å². The van der Waals surface area contributed by atoms with Crippen molar-refractivity contribution in [3.8, 4) is 0 Å². The lowest BCUT2D eigenvalue weighted by Gasteiger charge is -2.11. The van der Waals surface area contributed by atoms with E-state index in [0.717, 1.165) is 10.8 Å². The van der Waals surface area contributed by atoms with Crippen molar-refractivity contribution in [3.63, 3.8) is 0 Å². The van der Waals surface area contributed by atoms with Crippen molar-refractivity contribution in [3.05, 3.63) is 72.8 Å². The summed E-state index contributed by atoms with van der Waals surface area (Å²) in [5.41, 5.74) is 3.50. The van der Waals surface area contributed by atoms with Gasteiger partial charge in [-0.1, -0.05) is 54.6 Å². The van der Waals surface area contributed by atoms with Gasteiger partial charge in [-0.25, -0.2) is 8.42 Å². The van der Waals surface area contributed by atoms with Crippen LogP contribution in [0.25, 0.3) is 10.8 Å². The van der Waals surface area contributed by atoms with Gasteiger partial charge in [0.1, 0.15) is 0 Å². The first-order valence-corrected chi connectivity index (χ1v) is 7.96. The normalized spacial score (nSPS) is 11.4. The molecule has 0 fully saturated rings. The summed E-state index contributed by atoms with van der Waals surface area (Å²) in [5, 5.41) is 2.00. The number of fused-ring (bicyclic) bond motifs is 1. The highest BCUT2D eigenvalue weighted by Crippen LogP contribution is 2.22. The maximum Gasteiger partial charge on any atom is 0.257 e. The van der Waals surface area contributed by atoms with E-state index < -0.39 is 10.0 Å². The summed E-state index contributed by atoms with van der Waals surface area (Å²) in [7, 11) is -3.59. The second-order valence-corrected chi connectivity index (χ2v) is 6.25. The molecule has 0 radical (unpaired) electrons. The highest BCUT2D eigenvalue weighted by molar-refractivity contribution is 7.89. The van der Waals surface area contributed by atoms with E-state index in [0.29, 0.717) is 5.69 Å². The quantitative estimate of drug-likeness (QED) is 0.727. The van der Waals surface area contributed by atoms with E-state index in [1.807, 2.05) is 42.5 Å². The third-order valence-corrected chi connectivity index (χ3v) is 4.43. The summed E-state index contributed by atoms with van der Waals surface area (Å²) in [6.45, 7) is 0. The van der Waals surface area contributed by atoms with E-state index >= 15 is 0 Å². The molecule has 106 valence electrons. The predicted octanol–water partition coefficient (Wildman–Crippen LogP) is 3.15. The second-order valence-electron chi connectivity index (χ2n) is 4.57. The first kappa shape index (κ1) is 13.6. The third-order valence-electron chi connectivity index (χ3n) is 3.16. The maximum atomic E-state index is 12.2. The van der Waals surface area contributed by atoms with Crippen molar-refractivity contribution < 1.29 is 8.42 Å². The molecule has 5 heteroatoms. The summed E-state index contributed by atoms with van der Waals surface area (Å²) in [4.78, 5) is 2.63. The standard InChI is InChI=1S/C16H14N2O2S/c19-21(20,14-9-2-1-3-10-14)18-17-16-12-6-8-13-7-4-5-11-15(13)16/h1-12,17-18H. The largest absolute Gasteiger partial charge is 0.307 e. The van der Waals surface area contributed by atoms with Crippen molar-refractivity contribution >= 4 is 26.5 Å². The summed E-state index contributed by atoms with van der Waals surface area (Å²) in [5.74, 6) is 0. The van der Waals surface area contributed by atoms with Crippen molar-refractivity contribution in [1.29, 1.82) is 0 Å². The lowest BCUT2D eigenvalue weighted by atomic mass is 10.1. The van der Waals surface area contributed by atoms with Crippen LogP contribution in [0.5, 0.6) is 0 Å². The average Bonchev–Trinajstić information content (AvgIpc) is 2.54. The van der Waals surface area contributed by atoms with Gasteiger partial charge >= 0.3 is 0 Å². The van der Waals surface area contributed by atoms with Gasteiger partial charge in [-0.15, -0.1) is 4.83 Å². The summed E-state index contributed by atoms with van der Waals surface area (Å²) >= 11 is 0. The summed E-state index contributed by atoms with van der Waals surface area (Å²) in [6.07, 6.45) is 0. The van der Waals surface area contributed by atoms with Gasteiger partial charge in [0, 0.05) is 5.39 Å². The van der Waals surface area contributed by atoms with Gasteiger partial charge in [-0.2, -0.15) is 0 Å². The van der Waals surface area contributed by atoms with E-state index in [4.69, 9.17) is 0 Å². The van der Waals surface area contributed by atoms with Gasteiger partial charge in [-0.3, -0.25) is 0 Å². The fourth-order valence-corrected chi connectivity index (χ4v) is 2.99. The number of rotatable bonds is 4. The fraction of sp³-hybridized carbons (Fsp3) is 0. The SMILES string of the molecule is O=S(=O)(NNc1cccc2ccccc12)c1ccccc1. The molecule has 0 amide bonds. The fourth-order valence-electron chi connectivity index (χ4n) is 2.12. The Morgan fingerprint density at radius 3 is 2.19 bits per heavy atom. The van der Waals surface area contributed by atoms with Gasteiger partial charge in [0.2, 0.25) is 0 Å².